The standard InChI is InChI=1S/C14H18N4O3/c1-4-5-17-8-12(7-16-17)21-9-13-11(3)14(18(19)20)10(2)6-15-13/h6-8H,4-5,9H2,1-3H3. The van der Waals surface area contributed by atoms with Gasteiger partial charge in [0.1, 0.15) is 6.61 Å². The Balaban J connectivity index is 2.12. The fraction of sp³-hybridized carbons (Fsp3) is 0.429. The molecule has 0 spiro atoms. The van der Waals surface area contributed by atoms with Crippen molar-refractivity contribution in [3.8, 4) is 5.75 Å². The normalized spacial score (nSPS) is 10.6. The molecule has 0 saturated heterocycles. The zero-order chi connectivity index (χ0) is 15.4. The highest BCUT2D eigenvalue weighted by molar-refractivity contribution is 5.47. The number of pyridine rings is 1. The molecule has 7 nitrogen and oxygen atoms in total. The van der Waals surface area contributed by atoms with Gasteiger partial charge in [-0.25, -0.2) is 0 Å². The summed E-state index contributed by atoms with van der Waals surface area (Å²) >= 11 is 0. The van der Waals surface area contributed by atoms with Crippen molar-refractivity contribution in [2.24, 2.45) is 0 Å². The van der Waals surface area contributed by atoms with Crippen molar-refractivity contribution in [1.82, 2.24) is 14.8 Å². The molecule has 0 amide bonds. The minimum Gasteiger partial charge on any atom is -0.484 e. The maximum atomic E-state index is 11.1. The maximum absolute atomic E-state index is 11.1. The third-order valence-electron chi connectivity index (χ3n) is 3.20. The van der Waals surface area contributed by atoms with Gasteiger partial charge in [-0.3, -0.25) is 19.8 Å². The smallest absolute Gasteiger partial charge is 0.278 e. The second-order valence-corrected chi connectivity index (χ2v) is 4.85. The van der Waals surface area contributed by atoms with Gasteiger partial charge in [0, 0.05) is 18.3 Å². The average molecular weight is 290 g/mol. The zero-order valence-corrected chi connectivity index (χ0v) is 12.4. The van der Waals surface area contributed by atoms with E-state index in [1.807, 2.05) is 0 Å². The van der Waals surface area contributed by atoms with Gasteiger partial charge in [0.05, 0.1) is 28.6 Å². The Bertz CT molecular complexity index is 652. The number of hydrogen-bond acceptors (Lipinski definition) is 5. The number of aryl methyl sites for hydroxylation is 2. The number of nitro groups is 1. The minimum atomic E-state index is -0.380. The number of rotatable bonds is 6. The maximum Gasteiger partial charge on any atom is 0.278 e. The first-order chi connectivity index (χ1) is 10.0. The summed E-state index contributed by atoms with van der Waals surface area (Å²) in [6.07, 6.45) is 5.94. The van der Waals surface area contributed by atoms with Crippen LogP contribution in [0.25, 0.3) is 0 Å². The van der Waals surface area contributed by atoms with Crippen LogP contribution in [0.4, 0.5) is 5.69 Å². The fourth-order valence-corrected chi connectivity index (χ4v) is 2.11. The van der Waals surface area contributed by atoms with Crippen molar-refractivity contribution < 1.29 is 9.66 Å². The lowest BCUT2D eigenvalue weighted by atomic mass is 10.1. The largest absolute Gasteiger partial charge is 0.484 e. The van der Waals surface area contributed by atoms with E-state index >= 15 is 0 Å². The van der Waals surface area contributed by atoms with Crippen molar-refractivity contribution in [2.45, 2.75) is 40.3 Å². The summed E-state index contributed by atoms with van der Waals surface area (Å²) in [7, 11) is 0. The van der Waals surface area contributed by atoms with E-state index in [4.69, 9.17) is 4.74 Å². The van der Waals surface area contributed by atoms with Crippen LogP contribution < -0.4 is 4.74 Å². The fourth-order valence-electron chi connectivity index (χ4n) is 2.11. The molecule has 0 atom stereocenters. The second-order valence-electron chi connectivity index (χ2n) is 4.85. The van der Waals surface area contributed by atoms with Crippen LogP contribution in [0, 0.1) is 24.0 Å². The quantitative estimate of drug-likeness (QED) is 0.603. The lowest BCUT2D eigenvalue weighted by molar-refractivity contribution is -0.386. The van der Waals surface area contributed by atoms with Crippen LogP contribution >= 0.6 is 0 Å². The molecule has 0 aliphatic carbocycles. The van der Waals surface area contributed by atoms with Crippen LogP contribution in [-0.4, -0.2) is 19.7 Å². The molecule has 112 valence electrons. The second kappa shape index (κ2) is 6.34. The van der Waals surface area contributed by atoms with Crippen molar-refractivity contribution in [1.29, 1.82) is 0 Å². The van der Waals surface area contributed by atoms with Crippen LogP contribution in [-0.2, 0) is 13.2 Å². The van der Waals surface area contributed by atoms with E-state index in [-0.39, 0.29) is 17.2 Å². The lowest BCUT2D eigenvalue weighted by Crippen LogP contribution is -2.05. The van der Waals surface area contributed by atoms with Crippen molar-refractivity contribution in [3.05, 3.63) is 45.5 Å². The van der Waals surface area contributed by atoms with Gasteiger partial charge in [0.25, 0.3) is 5.69 Å². The Hall–Kier alpha value is -2.44. The first-order valence-corrected chi connectivity index (χ1v) is 6.77. The lowest BCUT2D eigenvalue weighted by Gasteiger charge is -2.08. The van der Waals surface area contributed by atoms with Gasteiger partial charge in [0.15, 0.2) is 5.75 Å². The van der Waals surface area contributed by atoms with E-state index < -0.39 is 0 Å². The molecule has 0 aromatic carbocycles. The molecule has 7 heteroatoms. The highest BCUT2D eigenvalue weighted by Gasteiger charge is 2.18. The summed E-state index contributed by atoms with van der Waals surface area (Å²) < 4.78 is 7.40. The van der Waals surface area contributed by atoms with Gasteiger partial charge in [-0.2, -0.15) is 5.10 Å². The topological polar surface area (TPSA) is 83.1 Å². The van der Waals surface area contributed by atoms with Gasteiger partial charge in [-0.15, -0.1) is 0 Å². The summed E-state index contributed by atoms with van der Waals surface area (Å²) in [4.78, 5) is 14.9. The van der Waals surface area contributed by atoms with Crippen LogP contribution in [0.3, 0.4) is 0 Å². The van der Waals surface area contributed by atoms with Crippen LogP contribution in [0.5, 0.6) is 5.75 Å². The zero-order valence-electron chi connectivity index (χ0n) is 12.4. The molecule has 21 heavy (non-hydrogen) atoms. The predicted molar refractivity (Wildman–Crippen MR) is 77.2 cm³/mol. The Morgan fingerprint density at radius 3 is 2.81 bits per heavy atom. The summed E-state index contributed by atoms with van der Waals surface area (Å²) in [6.45, 7) is 6.46. The van der Waals surface area contributed by atoms with Crippen LogP contribution in [0.15, 0.2) is 18.6 Å². The molecule has 0 aliphatic heterocycles. The molecular weight excluding hydrogens is 272 g/mol. The minimum absolute atomic E-state index is 0.102. The SMILES string of the molecule is CCCn1cc(OCc2ncc(C)c([N+](=O)[O-])c2C)cn1. The third kappa shape index (κ3) is 3.36. The van der Waals surface area contributed by atoms with Crippen molar-refractivity contribution in [2.75, 3.05) is 0 Å². The highest BCUT2D eigenvalue weighted by atomic mass is 16.6. The first-order valence-electron chi connectivity index (χ1n) is 6.77. The Morgan fingerprint density at radius 2 is 2.14 bits per heavy atom. The van der Waals surface area contributed by atoms with E-state index in [2.05, 4.69) is 17.0 Å². The molecule has 2 aromatic rings. The van der Waals surface area contributed by atoms with Gasteiger partial charge in [-0.1, -0.05) is 6.92 Å². The Labute approximate surface area is 122 Å². The van der Waals surface area contributed by atoms with Crippen molar-refractivity contribution in [3.63, 3.8) is 0 Å². The van der Waals surface area contributed by atoms with Gasteiger partial charge in [-0.05, 0) is 20.3 Å². The average Bonchev–Trinajstić information content (AvgIpc) is 2.86. The van der Waals surface area contributed by atoms with Crippen LogP contribution in [0.1, 0.15) is 30.2 Å². The molecule has 2 aromatic heterocycles. The molecule has 2 heterocycles. The molecule has 0 saturated carbocycles. The molecule has 0 N–H and O–H groups in total. The summed E-state index contributed by atoms with van der Waals surface area (Å²) in [5, 5.41) is 15.2. The molecule has 0 aliphatic rings. The van der Waals surface area contributed by atoms with Crippen molar-refractivity contribution >= 4 is 5.69 Å². The number of nitrogens with zero attached hydrogens (tertiary/aromatic N) is 4. The summed E-state index contributed by atoms with van der Waals surface area (Å²) in [5.41, 5.74) is 1.76. The summed E-state index contributed by atoms with van der Waals surface area (Å²) in [6, 6.07) is 0. The Morgan fingerprint density at radius 1 is 1.38 bits per heavy atom. The highest BCUT2D eigenvalue weighted by Crippen LogP contribution is 2.24. The number of ether oxygens (including phenoxy) is 1. The number of hydrogen-bond donors (Lipinski definition) is 0. The molecular formula is C14H18N4O3. The third-order valence-corrected chi connectivity index (χ3v) is 3.20. The summed E-state index contributed by atoms with van der Waals surface area (Å²) in [5.74, 6) is 0.632. The van der Waals surface area contributed by atoms with E-state index in [9.17, 15) is 10.1 Å². The molecule has 0 radical (unpaired) electrons. The molecule has 0 unspecified atom stereocenters. The van der Waals surface area contributed by atoms with Gasteiger partial charge >= 0.3 is 0 Å². The predicted octanol–water partition coefficient (Wildman–Crippen LogP) is 2.79. The molecule has 0 bridgehead atoms. The monoisotopic (exact) mass is 290 g/mol. The Kier molecular flexibility index (Phi) is 4.52. The first kappa shape index (κ1) is 15.0. The van der Waals surface area contributed by atoms with E-state index in [0.29, 0.717) is 22.6 Å². The molecule has 2 rings (SSSR count). The molecule has 0 fully saturated rings. The van der Waals surface area contributed by atoms with E-state index in [1.165, 1.54) is 6.20 Å². The van der Waals surface area contributed by atoms with E-state index in [0.717, 1.165) is 13.0 Å². The van der Waals surface area contributed by atoms with Gasteiger partial charge < -0.3 is 4.74 Å². The number of aromatic nitrogens is 3. The van der Waals surface area contributed by atoms with E-state index in [1.54, 1.807) is 30.9 Å². The van der Waals surface area contributed by atoms with Crippen LogP contribution in [0.2, 0.25) is 0 Å². The van der Waals surface area contributed by atoms with Gasteiger partial charge in [0.2, 0.25) is 0 Å².